The number of fused-ring (bicyclic) bond motifs is 1. The van der Waals surface area contributed by atoms with E-state index in [0.29, 0.717) is 17.7 Å². The molecule has 0 atom stereocenters. The standard InChI is InChI=1S/C29H20F3N3.ClH/c30-29(31,32)27-3-1-2-25(16-27)24-11-8-22(9-12-24)19-35-28-13-10-23(15-26(28)18-34-35)14-20-4-6-21(17-33)7-5-20;/h1-13,15-16,18H,14,19H2;1H. The first-order valence-corrected chi connectivity index (χ1v) is 11.1. The molecular weight excluding hydrogens is 483 g/mol. The van der Waals surface area contributed by atoms with Crippen LogP contribution in [0.4, 0.5) is 13.2 Å². The molecule has 0 unspecified atom stereocenters. The molecule has 1 aromatic heterocycles. The van der Waals surface area contributed by atoms with E-state index < -0.39 is 11.7 Å². The third kappa shape index (κ3) is 5.42. The van der Waals surface area contributed by atoms with Crippen molar-refractivity contribution in [1.82, 2.24) is 9.78 Å². The van der Waals surface area contributed by atoms with Crippen molar-refractivity contribution < 1.29 is 13.2 Å². The fraction of sp³-hybridized carbons (Fsp3) is 0.103. The van der Waals surface area contributed by atoms with Crippen molar-refractivity contribution in [2.24, 2.45) is 0 Å². The number of hydrogen-bond donors (Lipinski definition) is 0. The smallest absolute Gasteiger partial charge is 0.260 e. The summed E-state index contributed by atoms with van der Waals surface area (Å²) in [4.78, 5) is 0. The highest BCUT2D eigenvalue weighted by Crippen LogP contribution is 2.32. The van der Waals surface area contributed by atoms with Crippen molar-refractivity contribution in [2.75, 3.05) is 0 Å². The molecule has 0 bridgehead atoms. The van der Waals surface area contributed by atoms with Gasteiger partial charge in [-0.1, -0.05) is 54.6 Å². The van der Waals surface area contributed by atoms with Gasteiger partial charge in [0, 0.05) is 5.39 Å². The van der Waals surface area contributed by atoms with E-state index >= 15 is 0 Å². The monoisotopic (exact) mass is 503 g/mol. The lowest BCUT2D eigenvalue weighted by Crippen LogP contribution is -2.04. The quantitative estimate of drug-likeness (QED) is 0.247. The summed E-state index contributed by atoms with van der Waals surface area (Å²) < 4.78 is 41.0. The van der Waals surface area contributed by atoms with Crippen LogP contribution in [0.2, 0.25) is 0 Å². The van der Waals surface area contributed by atoms with Crippen molar-refractivity contribution in [3.05, 3.63) is 125 Å². The average Bonchev–Trinajstić information content (AvgIpc) is 3.26. The summed E-state index contributed by atoms with van der Waals surface area (Å²) in [7, 11) is 0. The van der Waals surface area contributed by atoms with Crippen molar-refractivity contribution in [2.45, 2.75) is 19.1 Å². The summed E-state index contributed by atoms with van der Waals surface area (Å²) in [6.07, 6.45) is -1.75. The summed E-state index contributed by atoms with van der Waals surface area (Å²) in [5.74, 6) is 0. The molecule has 5 rings (SSSR count). The molecule has 0 saturated heterocycles. The second kappa shape index (κ2) is 10.3. The van der Waals surface area contributed by atoms with Gasteiger partial charge in [0.15, 0.2) is 0 Å². The lowest BCUT2D eigenvalue weighted by Gasteiger charge is -2.10. The van der Waals surface area contributed by atoms with Gasteiger partial charge in [-0.15, -0.1) is 12.4 Å². The van der Waals surface area contributed by atoms with E-state index in [1.807, 2.05) is 59.4 Å². The van der Waals surface area contributed by atoms with Crippen LogP contribution in [0.1, 0.15) is 27.8 Å². The lowest BCUT2D eigenvalue weighted by atomic mass is 10.0. The van der Waals surface area contributed by atoms with Gasteiger partial charge in [0.25, 0.3) is 0 Å². The van der Waals surface area contributed by atoms with Crippen LogP contribution in [0.15, 0.2) is 97.2 Å². The first-order chi connectivity index (χ1) is 16.9. The Morgan fingerprint density at radius 3 is 2.17 bits per heavy atom. The van der Waals surface area contributed by atoms with Crippen LogP contribution in [0, 0.1) is 11.3 Å². The van der Waals surface area contributed by atoms with Crippen LogP contribution in [0.5, 0.6) is 0 Å². The van der Waals surface area contributed by atoms with Crippen molar-refractivity contribution in [3.63, 3.8) is 0 Å². The normalized spacial score (nSPS) is 11.2. The topological polar surface area (TPSA) is 41.6 Å². The van der Waals surface area contributed by atoms with E-state index in [9.17, 15) is 13.2 Å². The molecule has 0 saturated carbocycles. The maximum absolute atomic E-state index is 13.0. The molecule has 0 N–H and O–H groups in total. The second-order valence-electron chi connectivity index (χ2n) is 8.46. The summed E-state index contributed by atoms with van der Waals surface area (Å²) >= 11 is 0. The Labute approximate surface area is 212 Å². The number of benzene rings is 4. The van der Waals surface area contributed by atoms with Crippen LogP contribution in [0.25, 0.3) is 22.0 Å². The summed E-state index contributed by atoms with van der Waals surface area (Å²) in [6, 6.07) is 28.8. The molecule has 0 amide bonds. The Hall–Kier alpha value is -4.08. The number of halogens is 4. The molecule has 0 aliphatic rings. The van der Waals surface area contributed by atoms with Gasteiger partial charge in [0.1, 0.15) is 0 Å². The average molecular weight is 504 g/mol. The SMILES string of the molecule is Cl.N#Cc1ccc(Cc2ccc3c(cnn3Cc3ccc(-c4cccc(C(F)(F)F)c4)cc3)c2)cc1. The van der Waals surface area contributed by atoms with Gasteiger partial charge in [-0.25, -0.2) is 0 Å². The lowest BCUT2D eigenvalue weighted by molar-refractivity contribution is -0.137. The van der Waals surface area contributed by atoms with Crippen molar-refractivity contribution in [1.29, 1.82) is 5.26 Å². The molecule has 0 fully saturated rings. The summed E-state index contributed by atoms with van der Waals surface area (Å²) in [6.45, 7) is 0.557. The predicted molar refractivity (Wildman–Crippen MR) is 137 cm³/mol. The zero-order valence-electron chi connectivity index (χ0n) is 19.0. The van der Waals surface area contributed by atoms with Crippen LogP contribution in [0.3, 0.4) is 0 Å². The molecule has 4 aromatic carbocycles. The van der Waals surface area contributed by atoms with Gasteiger partial charge in [0.2, 0.25) is 0 Å². The fourth-order valence-corrected chi connectivity index (χ4v) is 4.16. The number of hydrogen-bond acceptors (Lipinski definition) is 2. The Balaban J connectivity index is 0.00000304. The van der Waals surface area contributed by atoms with Gasteiger partial charge >= 0.3 is 6.18 Å². The maximum Gasteiger partial charge on any atom is 0.416 e. The first kappa shape index (κ1) is 25.0. The number of aromatic nitrogens is 2. The van der Waals surface area contributed by atoms with Gasteiger partial charge in [-0.05, 0) is 70.6 Å². The van der Waals surface area contributed by atoms with Crippen LogP contribution < -0.4 is 0 Å². The molecule has 7 heteroatoms. The first-order valence-electron chi connectivity index (χ1n) is 11.1. The summed E-state index contributed by atoms with van der Waals surface area (Å²) in [5, 5.41) is 14.5. The molecule has 3 nitrogen and oxygen atoms in total. The predicted octanol–water partition coefficient (Wildman–Crippen LogP) is 7.65. The van der Waals surface area contributed by atoms with Gasteiger partial charge < -0.3 is 0 Å². The molecular formula is C29H21ClF3N3. The Kier molecular flexibility index (Phi) is 7.14. The minimum Gasteiger partial charge on any atom is -0.260 e. The molecule has 5 aromatic rings. The molecule has 0 spiro atoms. The van der Waals surface area contributed by atoms with Crippen molar-refractivity contribution in [3.8, 4) is 17.2 Å². The van der Waals surface area contributed by atoms with E-state index in [0.717, 1.165) is 45.6 Å². The van der Waals surface area contributed by atoms with E-state index in [4.69, 9.17) is 5.26 Å². The van der Waals surface area contributed by atoms with Gasteiger partial charge in [-0.2, -0.15) is 23.5 Å². The molecule has 36 heavy (non-hydrogen) atoms. The summed E-state index contributed by atoms with van der Waals surface area (Å²) in [5.41, 5.74) is 5.57. The number of rotatable bonds is 5. The van der Waals surface area contributed by atoms with Crippen LogP contribution >= 0.6 is 12.4 Å². The number of nitriles is 1. The highest BCUT2D eigenvalue weighted by Gasteiger charge is 2.30. The molecule has 0 radical (unpaired) electrons. The maximum atomic E-state index is 13.0. The Morgan fingerprint density at radius 2 is 1.47 bits per heavy atom. The zero-order chi connectivity index (χ0) is 24.4. The van der Waals surface area contributed by atoms with Gasteiger partial charge in [0.05, 0.1) is 35.5 Å². The van der Waals surface area contributed by atoms with E-state index in [1.54, 1.807) is 6.07 Å². The highest BCUT2D eigenvalue weighted by atomic mass is 35.5. The van der Waals surface area contributed by atoms with Gasteiger partial charge in [-0.3, -0.25) is 4.68 Å². The number of alkyl halides is 3. The van der Waals surface area contributed by atoms with E-state index in [-0.39, 0.29) is 12.4 Å². The van der Waals surface area contributed by atoms with E-state index in [1.165, 1.54) is 12.1 Å². The molecule has 180 valence electrons. The largest absolute Gasteiger partial charge is 0.416 e. The van der Waals surface area contributed by atoms with Crippen LogP contribution in [-0.2, 0) is 19.1 Å². The molecule has 1 heterocycles. The Morgan fingerprint density at radius 1 is 0.778 bits per heavy atom. The molecule has 0 aliphatic heterocycles. The Bertz CT molecular complexity index is 1530. The third-order valence-corrected chi connectivity index (χ3v) is 6.01. The third-order valence-electron chi connectivity index (χ3n) is 6.01. The van der Waals surface area contributed by atoms with Crippen molar-refractivity contribution >= 4 is 23.3 Å². The van der Waals surface area contributed by atoms with Crippen LogP contribution in [-0.4, -0.2) is 9.78 Å². The molecule has 0 aliphatic carbocycles. The minimum atomic E-state index is -4.36. The second-order valence-corrected chi connectivity index (χ2v) is 8.46. The minimum absolute atomic E-state index is 0. The zero-order valence-corrected chi connectivity index (χ0v) is 19.9. The fourth-order valence-electron chi connectivity index (χ4n) is 4.16. The highest BCUT2D eigenvalue weighted by molar-refractivity contribution is 5.85. The van der Waals surface area contributed by atoms with E-state index in [2.05, 4.69) is 29.4 Å². The number of nitrogens with zero attached hydrogens (tertiary/aromatic N) is 3.